The number of piperidine rings is 1. The molecule has 3 heterocycles. The molecule has 3 aliphatic rings. The van der Waals surface area contributed by atoms with Gasteiger partial charge in [-0.25, -0.2) is 0 Å². The SMILES string of the molecule is C=C(NC[C@H]1CCC[C@@H](c2ccc(C)cc2)O1)/C(C)=C(\N=C(/N)OC)C(=O)N1CCC(N[C@H]2CCOC[C@H]2OC)CC1. The van der Waals surface area contributed by atoms with Crippen LogP contribution in [0.2, 0.25) is 0 Å². The number of methoxy groups -OCH3 is 2. The summed E-state index contributed by atoms with van der Waals surface area (Å²) in [4.78, 5) is 19.9. The Morgan fingerprint density at radius 1 is 1.14 bits per heavy atom. The van der Waals surface area contributed by atoms with Gasteiger partial charge in [0, 0.05) is 56.7 Å². The molecule has 3 saturated heterocycles. The van der Waals surface area contributed by atoms with E-state index in [9.17, 15) is 4.79 Å². The first kappa shape index (κ1) is 32.0. The average Bonchev–Trinajstić information content (AvgIpc) is 3.02. The van der Waals surface area contributed by atoms with Gasteiger partial charge in [0.1, 0.15) is 5.70 Å². The summed E-state index contributed by atoms with van der Waals surface area (Å²) >= 11 is 0. The molecule has 10 nitrogen and oxygen atoms in total. The van der Waals surface area contributed by atoms with E-state index in [4.69, 9.17) is 24.7 Å². The van der Waals surface area contributed by atoms with Crippen molar-refractivity contribution in [3.05, 3.63) is 58.9 Å². The Hall–Kier alpha value is -2.92. The standard InChI is InChI=1S/C32H49N5O5/c1-21-9-11-24(12-10-21)28-8-6-7-26(42-28)19-34-23(3)22(2)30(36-32(33)40-5)31(38)37-16-13-25(14-17-37)35-27-15-18-41-20-29(27)39-4/h9-12,25-29,34-35H,3,6-8,13-20H2,1-2,4-5H3,(H2,33,36)/b30-22-/t26-,27+,28+,29-/m1/s1. The number of hydrogen-bond acceptors (Lipinski definition) is 8. The van der Waals surface area contributed by atoms with Crippen molar-refractivity contribution < 1.29 is 23.7 Å². The zero-order valence-corrected chi connectivity index (χ0v) is 25.7. The number of amidine groups is 1. The number of carbonyl (C=O) groups excluding carboxylic acids is 1. The van der Waals surface area contributed by atoms with Gasteiger partial charge in [0.05, 0.1) is 32.0 Å². The van der Waals surface area contributed by atoms with Crippen LogP contribution in [0.25, 0.3) is 0 Å². The van der Waals surface area contributed by atoms with E-state index >= 15 is 0 Å². The normalized spacial score (nSPS) is 26.4. The number of allylic oxidation sites excluding steroid dienone is 1. The molecule has 0 aliphatic carbocycles. The largest absolute Gasteiger partial charge is 0.469 e. The van der Waals surface area contributed by atoms with Crippen molar-refractivity contribution in [2.24, 2.45) is 10.7 Å². The predicted octanol–water partition coefficient (Wildman–Crippen LogP) is 3.33. The second-order valence-corrected chi connectivity index (χ2v) is 11.6. The molecule has 42 heavy (non-hydrogen) atoms. The smallest absolute Gasteiger partial charge is 0.287 e. The van der Waals surface area contributed by atoms with Crippen molar-refractivity contribution >= 4 is 11.9 Å². The van der Waals surface area contributed by atoms with Gasteiger partial charge in [0.2, 0.25) is 0 Å². The van der Waals surface area contributed by atoms with Crippen LogP contribution in [0.1, 0.15) is 62.7 Å². The van der Waals surface area contributed by atoms with E-state index in [0.29, 0.717) is 43.6 Å². The number of aliphatic imine (C=N–C) groups is 1. The predicted molar refractivity (Wildman–Crippen MR) is 164 cm³/mol. The van der Waals surface area contributed by atoms with Crippen LogP contribution in [0.15, 0.2) is 52.8 Å². The van der Waals surface area contributed by atoms with E-state index in [1.54, 1.807) is 7.11 Å². The third-order valence-electron chi connectivity index (χ3n) is 8.62. The van der Waals surface area contributed by atoms with Crippen molar-refractivity contribution in [3.8, 4) is 0 Å². The summed E-state index contributed by atoms with van der Waals surface area (Å²) in [7, 11) is 3.17. The highest BCUT2D eigenvalue weighted by molar-refractivity contribution is 5.96. The summed E-state index contributed by atoms with van der Waals surface area (Å²) < 4.78 is 22.7. The van der Waals surface area contributed by atoms with Crippen LogP contribution in [0.3, 0.4) is 0 Å². The second-order valence-electron chi connectivity index (χ2n) is 11.6. The van der Waals surface area contributed by atoms with Crippen LogP contribution in [-0.4, -0.2) is 88.2 Å². The molecule has 3 fully saturated rings. The Morgan fingerprint density at radius 2 is 1.88 bits per heavy atom. The molecule has 0 aromatic heterocycles. The molecule has 0 unspecified atom stereocenters. The van der Waals surface area contributed by atoms with Crippen LogP contribution >= 0.6 is 0 Å². The summed E-state index contributed by atoms with van der Waals surface area (Å²) in [6.07, 6.45) is 5.85. The minimum atomic E-state index is -0.178. The van der Waals surface area contributed by atoms with Gasteiger partial charge in [0.25, 0.3) is 11.9 Å². The van der Waals surface area contributed by atoms with E-state index in [1.807, 2.05) is 11.8 Å². The number of amides is 1. The number of nitrogens with one attached hydrogen (secondary N) is 2. The van der Waals surface area contributed by atoms with Crippen molar-refractivity contribution in [2.75, 3.05) is 47.1 Å². The lowest BCUT2D eigenvalue weighted by molar-refractivity contribution is -0.128. The summed E-state index contributed by atoms with van der Waals surface area (Å²) in [6.45, 7) is 11.3. The van der Waals surface area contributed by atoms with Gasteiger partial charge in [-0.2, -0.15) is 4.99 Å². The highest BCUT2D eigenvalue weighted by Crippen LogP contribution is 2.31. The lowest BCUT2D eigenvalue weighted by atomic mass is 9.97. The van der Waals surface area contributed by atoms with Crippen LogP contribution in [0, 0.1) is 6.92 Å². The molecule has 10 heteroatoms. The molecule has 0 bridgehead atoms. The zero-order valence-electron chi connectivity index (χ0n) is 25.7. The molecule has 3 aliphatic heterocycles. The lowest BCUT2D eigenvalue weighted by Gasteiger charge is -2.38. The number of carbonyl (C=O) groups is 1. The first-order chi connectivity index (χ1) is 20.3. The van der Waals surface area contributed by atoms with Crippen molar-refractivity contribution in [1.82, 2.24) is 15.5 Å². The van der Waals surface area contributed by atoms with Crippen molar-refractivity contribution in [1.29, 1.82) is 0 Å². The molecule has 4 rings (SSSR count). The third-order valence-corrected chi connectivity index (χ3v) is 8.62. The number of hydrogen-bond donors (Lipinski definition) is 3. The molecule has 1 aromatic rings. The Kier molecular flexibility index (Phi) is 11.8. The number of ether oxygens (including phenoxy) is 4. The van der Waals surface area contributed by atoms with E-state index in [1.165, 1.54) is 18.2 Å². The fraction of sp³-hybridized carbons (Fsp3) is 0.625. The van der Waals surface area contributed by atoms with E-state index in [-0.39, 0.29) is 42.0 Å². The Morgan fingerprint density at radius 3 is 2.57 bits per heavy atom. The third kappa shape index (κ3) is 8.56. The Balaban J connectivity index is 1.35. The molecule has 0 radical (unpaired) electrons. The summed E-state index contributed by atoms with van der Waals surface area (Å²) in [6, 6.07) is 9.06. The highest BCUT2D eigenvalue weighted by Gasteiger charge is 2.31. The first-order valence-corrected chi connectivity index (χ1v) is 15.2. The molecule has 4 atom stereocenters. The molecule has 0 saturated carbocycles. The van der Waals surface area contributed by atoms with Gasteiger partial charge < -0.3 is 40.2 Å². The minimum absolute atomic E-state index is 0.0428. The van der Waals surface area contributed by atoms with Gasteiger partial charge in [-0.05, 0) is 57.9 Å². The monoisotopic (exact) mass is 583 g/mol. The number of benzene rings is 1. The summed E-state index contributed by atoms with van der Waals surface area (Å²) in [5.74, 6) is -0.178. The second kappa shape index (κ2) is 15.5. The topological polar surface area (TPSA) is 120 Å². The minimum Gasteiger partial charge on any atom is -0.469 e. The number of likely N-dealkylation sites (tertiary alicyclic amines) is 1. The Labute approximate surface area is 250 Å². The molecule has 1 amide bonds. The van der Waals surface area contributed by atoms with Gasteiger partial charge in [-0.3, -0.25) is 4.79 Å². The van der Waals surface area contributed by atoms with E-state index in [2.05, 4.69) is 53.4 Å². The maximum absolute atomic E-state index is 13.7. The lowest BCUT2D eigenvalue weighted by Crippen LogP contribution is -2.54. The van der Waals surface area contributed by atoms with Gasteiger partial charge in [0.15, 0.2) is 0 Å². The van der Waals surface area contributed by atoms with Crippen LogP contribution in [-0.2, 0) is 23.7 Å². The number of rotatable bonds is 10. The van der Waals surface area contributed by atoms with E-state index < -0.39 is 0 Å². The summed E-state index contributed by atoms with van der Waals surface area (Å²) in [5, 5.41) is 7.13. The molecule has 0 spiro atoms. The molecule has 232 valence electrons. The number of aryl methyl sites for hydroxylation is 1. The highest BCUT2D eigenvalue weighted by atomic mass is 16.5. The molecule has 4 N–H and O–H groups in total. The van der Waals surface area contributed by atoms with Gasteiger partial charge in [-0.15, -0.1) is 0 Å². The quantitative estimate of drug-likeness (QED) is 0.166. The average molecular weight is 584 g/mol. The summed E-state index contributed by atoms with van der Waals surface area (Å²) in [5.41, 5.74) is 9.87. The van der Waals surface area contributed by atoms with Crippen molar-refractivity contribution in [2.45, 2.75) is 82.8 Å². The first-order valence-electron chi connectivity index (χ1n) is 15.2. The fourth-order valence-corrected chi connectivity index (χ4v) is 5.87. The van der Waals surface area contributed by atoms with Gasteiger partial charge in [-0.1, -0.05) is 36.4 Å². The molecular weight excluding hydrogens is 534 g/mol. The maximum Gasteiger partial charge on any atom is 0.287 e. The van der Waals surface area contributed by atoms with Gasteiger partial charge >= 0.3 is 0 Å². The number of nitrogens with two attached hydrogens (primary N) is 1. The van der Waals surface area contributed by atoms with Crippen LogP contribution < -0.4 is 16.4 Å². The zero-order chi connectivity index (χ0) is 30.1. The number of nitrogens with zero attached hydrogens (tertiary/aromatic N) is 2. The van der Waals surface area contributed by atoms with E-state index in [0.717, 1.165) is 45.1 Å². The van der Waals surface area contributed by atoms with Crippen molar-refractivity contribution in [3.63, 3.8) is 0 Å². The maximum atomic E-state index is 13.7. The Bertz CT molecular complexity index is 1110. The van der Waals surface area contributed by atoms with Crippen LogP contribution in [0.4, 0.5) is 0 Å². The fourth-order valence-electron chi connectivity index (χ4n) is 5.87. The molecule has 1 aromatic carbocycles. The molecular formula is C32H49N5O5. The van der Waals surface area contributed by atoms with Crippen LogP contribution in [0.5, 0.6) is 0 Å².